The lowest BCUT2D eigenvalue weighted by molar-refractivity contribution is -0.138. The highest BCUT2D eigenvalue weighted by Gasteiger charge is 2.11. The Kier molecular flexibility index (Phi) is 4.78. The number of nitrogens with two attached hydrogens (primary N) is 1. The number of carboxylic acids is 1. The van der Waals surface area contributed by atoms with Crippen molar-refractivity contribution in [2.75, 3.05) is 0 Å². The summed E-state index contributed by atoms with van der Waals surface area (Å²) in [5.41, 5.74) is 7.08. The van der Waals surface area contributed by atoms with Gasteiger partial charge in [-0.05, 0) is 38.0 Å². The zero-order valence-corrected chi connectivity index (χ0v) is 10.00. The van der Waals surface area contributed by atoms with Crippen LogP contribution >= 0.6 is 0 Å². The van der Waals surface area contributed by atoms with Gasteiger partial charge in [-0.3, -0.25) is 4.79 Å². The van der Waals surface area contributed by atoms with Gasteiger partial charge in [0.05, 0.1) is 11.7 Å². The Balaban J connectivity index is 2.65. The van der Waals surface area contributed by atoms with Crippen molar-refractivity contribution < 1.29 is 9.90 Å². The van der Waals surface area contributed by atoms with Crippen molar-refractivity contribution in [1.29, 1.82) is 0 Å². The molecular formula is C12H17N3O2. The molecule has 1 atom stereocenters. The van der Waals surface area contributed by atoms with Crippen LogP contribution in [0.4, 0.5) is 5.69 Å². The van der Waals surface area contributed by atoms with Gasteiger partial charge in [0.15, 0.2) is 0 Å². The van der Waals surface area contributed by atoms with Crippen LogP contribution in [0.15, 0.2) is 34.5 Å². The summed E-state index contributed by atoms with van der Waals surface area (Å²) in [5.74, 6) is -0.992. The van der Waals surface area contributed by atoms with Crippen LogP contribution in [0, 0.1) is 0 Å². The van der Waals surface area contributed by atoms with Crippen LogP contribution in [0.2, 0.25) is 0 Å². The molecule has 0 aliphatic carbocycles. The first-order chi connectivity index (χ1) is 7.99. The van der Waals surface area contributed by atoms with Crippen molar-refractivity contribution >= 4 is 11.7 Å². The molecule has 0 aliphatic rings. The number of nitrogens with zero attached hydrogens (tertiary/aromatic N) is 2. The number of hydrogen-bond acceptors (Lipinski definition) is 4. The summed E-state index contributed by atoms with van der Waals surface area (Å²) >= 11 is 0. The lowest BCUT2D eigenvalue weighted by Crippen LogP contribution is -2.32. The van der Waals surface area contributed by atoms with Crippen molar-refractivity contribution in [2.24, 2.45) is 16.0 Å². The number of hydrogen-bond donors (Lipinski definition) is 2. The summed E-state index contributed by atoms with van der Waals surface area (Å²) in [6.07, 6.45) is 0.316. The van der Waals surface area contributed by atoms with Gasteiger partial charge in [0.25, 0.3) is 0 Å². The third kappa shape index (κ3) is 4.74. The summed E-state index contributed by atoms with van der Waals surface area (Å²) in [4.78, 5) is 10.6. The molecule has 92 valence electrons. The first-order valence-electron chi connectivity index (χ1n) is 5.47. The monoisotopic (exact) mass is 235 g/mol. The number of benzene rings is 1. The average Bonchev–Trinajstić information content (AvgIpc) is 2.28. The zero-order chi connectivity index (χ0) is 12.8. The largest absolute Gasteiger partial charge is 0.480 e. The summed E-state index contributed by atoms with van der Waals surface area (Å²) in [6.45, 7) is 3.90. The third-order valence-corrected chi connectivity index (χ3v) is 2.11. The van der Waals surface area contributed by atoms with Crippen LogP contribution in [0.25, 0.3) is 0 Å². The van der Waals surface area contributed by atoms with E-state index in [0.717, 1.165) is 11.3 Å². The quantitative estimate of drug-likeness (QED) is 0.766. The molecule has 0 saturated heterocycles. The van der Waals surface area contributed by atoms with Crippen LogP contribution < -0.4 is 5.73 Å². The fourth-order valence-electron chi connectivity index (χ4n) is 1.22. The van der Waals surface area contributed by atoms with Crippen molar-refractivity contribution in [3.63, 3.8) is 0 Å². The summed E-state index contributed by atoms with van der Waals surface area (Å²) in [5, 5.41) is 16.7. The molecule has 0 aliphatic heterocycles. The average molecular weight is 235 g/mol. The molecule has 1 rings (SSSR count). The maximum absolute atomic E-state index is 10.6. The third-order valence-electron chi connectivity index (χ3n) is 2.11. The van der Waals surface area contributed by atoms with E-state index in [1.165, 1.54) is 0 Å². The van der Waals surface area contributed by atoms with Crippen molar-refractivity contribution in [1.82, 2.24) is 0 Å². The van der Waals surface area contributed by atoms with E-state index < -0.39 is 12.0 Å². The number of carbonyl (C=O) groups is 1. The second-order valence-electron chi connectivity index (χ2n) is 4.12. The minimum Gasteiger partial charge on any atom is -0.480 e. The van der Waals surface area contributed by atoms with Crippen molar-refractivity contribution in [3.8, 4) is 0 Å². The second-order valence-corrected chi connectivity index (χ2v) is 4.12. The number of rotatable bonds is 5. The van der Waals surface area contributed by atoms with Crippen LogP contribution in [0.3, 0.4) is 0 Å². The molecule has 1 unspecified atom stereocenters. The fraction of sp³-hybridized carbons (Fsp3) is 0.417. The number of aliphatic carboxylic acids is 1. The SMILES string of the molecule is CC(C)N=Nc1ccc(CC(N)C(=O)O)cc1. The molecule has 0 bridgehead atoms. The summed E-state index contributed by atoms with van der Waals surface area (Å²) in [7, 11) is 0. The Morgan fingerprint density at radius 2 is 1.94 bits per heavy atom. The van der Waals surface area contributed by atoms with Crippen LogP contribution in [-0.4, -0.2) is 23.2 Å². The highest BCUT2D eigenvalue weighted by Crippen LogP contribution is 2.15. The van der Waals surface area contributed by atoms with Crippen molar-refractivity contribution in [3.05, 3.63) is 29.8 Å². The first-order valence-corrected chi connectivity index (χ1v) is 5.47. The van der Waals surface area contributed by atoms with E-state index >= 15 is 0 Å². The van der Waals surface area contributed by atoms with E-state index in [9.17, 15) is 4.79 Å². The fourth-order valence-corrected chi connectivity index (χ4v) is 1.22. The molecule has 0 radical (unpaired) electrons. The maximum atomic E-state index is 10.6. The van der Waals surface area contributed by atoms with Crippen LogP contribution in [-0.2, 0) is 11.2 Å². The van der Waals surface area contributed by atoms with Gasteiger partial charge >= 0.3 is 5.97 Å². The van der Waals surface area contributed by atoms with E-state index in [-0.39, 0.29) is 6.04 Å². The first kappa shape index (κ1) is 13.3. The highest BCUT2D eigenvalue weighted by atomic mass is 16.4. The predicted octanol–water partition coefficient (Wildman–Crippen LogP) is 2.13. The Bertz CT molecular complexity index is 399. The van der Waals surface area contributed by atoms with Gasteiger partial charge in [-0.2, -0.15) is 10.2 Å². The summed E-state index contributed by atoms with van der Waals surface area (Å²) in [6, 6.07) is 6.54. The van der Waals surface area contributed by atoms with Gasteiger partial charge in [0.1, 0.15) is 6.04 Å². The molecule has 5 nitrogen and oxygen atoms in total. The van der Waals surface area contributed by atoms with Crippen molar-refractivity contribution in [2.45, 2.75) is 32.4 Å². The van der Waals surface area contributed by atoms with Gasteiger partial charge in [0.2, 0.25) is 0 Å². The molecule has 3 N–H and O–H groups in total. The molecule has 0 spiro atoms. The summed E-state index contributed by atoms with van der Waals surface area (Å²) < 4.78 is 0. The Morgan fingerprint density at radius 3 is 2.41 bits per heavy atom. The molecule has 1 aromatic carbocycles. The molecule has 1 aromatic rings. The minimum atomic E-state index is -0.992. The van der Waals surface area contributed by atoms with Gasteiger partial charge in [-0.1, -0.05) is 12.1 Å². The molecule has 5 heteroatoms. The Labute approximate surface area is 100 Å². The van der Waals surface area contributed by atoms with Gasteiger partial charge in [0, 0.05) is 0 Å². The van der Waals surface area contributed by atoms with E-state index in [0.29, 0.717) is 6.42 Å². The lowest BCUT2D eigenvalue weighted by Gasteiger charge is -2.06. The van der Waals surface area contributed by atoms with Gasteiger partial charge in [-0.15, -0.1) is 0 Å². The second kappa shape index (κ2) is 6.10. The number of carboxylic acid groups (broad SMARTS) is 1. The Morgan fingerprint density at radius 1 is 1.35 bits per heavy atom. The van der Waals surface area contributed by atoms with Crippen LogP contribution in [0.1, 0.15) is 19.4 Å². The molecule has 0 amide bonds. The molecular weight excluding hydrogens is 218 g/mol. The van der Waals surface area contributed by atoms with E-state index in [1.807, 2.05) is 26.0 Å². The number of azo groups is 1. The molecule has 0 fully saturated rings. The van der Waals surface area contributed by atoms with Gasteiger partial charge in [-0.25, -0.2) is 0 Å². The standard InChI is InChI=1S/C12H17N3O2/c1-8(2)14-15-10-5-3-9(4-6-10)7-11(13)12(16)17/h3-6,8,11H,7,13H2,1-2H3,(H,16,17). The molecule has 0 heterocycles. The smallest absolute Gasteiger partial charge is 0.320 e. The van der Waals surface area contributed by atoms with Gasteiger partial charge < -0.3 is 10.8 Å². The minimum absolute atomic E-state index is 0.162. The molecule has 17 heavy (non-hydrogen) atoms. The lowest BCUT2D eigenvalue weighted by atomic mass is 10.1. The van der Waals surface area contributed by atoms with E-state index in [4.69, 9.17) is 10.8 Å². The zero-order valence-electron chi connectivity index (χ0n) is 10.00. The highest BCUT2D eigenvalue weighted by molar-refractivity contribution is 5.73. The van der Waals surface area contributed by atoms with Crippen LogP contribution in [0.5, 0.6) is 0 Å². The molecule has 0 aromatic heterocycles. The maximum Gasteiger partial charge on any atom is 0.320 e. The predicted molar refractivity (Wildman–Crippen MR) is 65.4 cm³/mol. The van der Waals surface area contributed by atoms with E-state index in [1.54, 1.807) is 12.1 Å². The Hall–Kier alpha value is -1.75. The van der Waals surface area contributed by atoms with E-state index in [2.05, 4.69) is 10.2 Å². The molecule has 0 saturated carbocycles. The topological polar surface area (TPSA) is 88.0 Å². The normalized spacial score (nSPS) is 13.2.